The van der Waals surface area contributed by atoms with E-state index in [9.17, 15) is 4.79 Å². The quantitative estimate of drug-likeness (QED) is 0.571. The zero-order chi connectivity index (χ0) is 14.7. The molecule has 0 atom stereocenters. The molecule has 0 saturated heterocycles. The summed E-state index contributed by atoms with van der Waals surface area (Å²) < 4.78 is 0. The second-order valence-electron chi connectivity index (χ2n) is 4.66. The lowest BCUT2D eigenvalue weighted by molar-refractivity contribution is 0.0950. The predicted molar refractivity (Wildman–Crippen MR) is 82.3 cm³/mol. The molecule has 0 unspecified atom stereocenters. The number of rotatable bonds is 3. The van der Waals surface area contributed by atoms with Gasteiger partial charge in [0.2, 0.25) is 0 Å². The van der Waals surface area contributed by atoms with Gasteiger partial charge in [0.15, 0.2) is 0 Å². The number of para-hydroxylation sites is 1. The van der Waals surface area contributed by atoms with Gasteiger partial charge in [-0.15, -0.1) is 0 Å². The molecule has 3 rings (SSSR count). The second-order valence-corrected chi connectivity index (χ2v) is 4.66. The van der Waals surface area contributed by atoms with E-state index in [0.29, 0.717) is 5.69 Å². The van der Waals surface area contributed by atoms with Crippen molar-refractivity contribution in [3.8, 4) is 0 Å². The molecule has 0 aliphatic heterocycles. The standard InChI is InChI=1S/C16H14N4O/c1-11-13-6-2-3-7-14(13)19-15(11)16(21)20-18-10-12-5-4-8-17-9-12/h2-10,19H,1H3,(H,20,21)/b18-10-. The molecule has 2 aromatic heterocycles. The molecule has 0 fully saturated rings. The molecule has 104 valence electrons. The Hall–Kier alpha value is -2.95. The van der Waals surface area contributed by atoms with E-state index >= 15 is 0 Å². The Morgan fingerprint density at radius 2 is 2.14 bits per heavy atom. The highest BCUT2D eigenvalue weighted by molar-refractivity contribution is 6.01. The Kier molecular flexibility index (Phi) is 3.47. The van der Waals surface area contributed by atoms with E-state index in [1.807, 2.05) is 43.3 Å². The number of carbonyl (C=O) groups is 1. The summed E-state index contributed by atoms with van der Waals surface area (Å²) in [4.78, 5) is 19.2. The van der Waals surface area contributed by atoms with Crippen LogP contribution in [0.3, 0.4) is 0 Å². The summed E-state index contributed by atoms with van der Waals surface area (Å²) in [5.41, 5.74) is 5.73. The number of hydrogen-bond acceptors (Lipinski definition) is 3. The summed E-state index contributed by atoms with van der Waals surface area (Å²) in [5.74, 6) is -0.260. The number of aryl methyl sites for hydroxylation is 1. The maximum Gasteiger partial charge on any atom is 0.288 e. The highest BCUT2D eigenvalue weighted by Crippen LogP contribution is 2.20. The minimum Gasteiger partial charge on any atom is -0.350 e. The van der Waals surface area contributed by atoms with E-state index in [1.54, 1.807) is 18.6 Å². The molecule has 3 aromatic rings. The van der Waals surface area contributed by atoms with Crippen LogP contribution in [0.1, 0.15) is 21.6 Å². The van der Waals surface area contributed by atoms with Crippen LogP contribution in [-0.4, -0.2) is 22.1 Å². The van der Waals surface area contributed by atoms with E-state index in [0.717, 1.165) is 22.0 Å². The number of nitrogens with zero attached hydrogens (tertiary/aromatic N) is 2. The molecular weight excluding hydrogens is 264 g/mol. The molecule has 21 heavy (non-hydrogen) atoms. The van der Waals surface area contributed by atoms with Crippen molar-refractivity contribution in [3.63, 3.8) is 0 Å². The van der Waals surface area contributed by atoms with Gasteiger partial charge < -0.3 is 4.98 Å². The van der Waals surface area contributed by atoms with Gasteiger partial charge in [0.25, 0.3) is 5.91 Å². The first kappa shape index (κ1) is 13.1. The van der Waals surface area contributed by atoms with Gasteiger partial charge in [-0.3, -0.25) is 9.78 Å². The summed E-state index contributed by atoms with van der Waals surface area (Å²) in [6, 6.07) is 11.5. The Morgan fingerprint density at radius 1 is 1.29 bits per heavy atom. The first-order valence-corrected chi connectivity index (χ1v) is 6.56. The smallest absolute Gasteiger partial charge is 0.288 e. The first-order chi connectivity index (χ1) is 10.3. The van der Waals surface area contributed by atoms with Crippen LogP contribution >= 0.6 is 0 Å². The monoisotopic (exact) mass is 278 g/mol. The normalized spacial score (nSPS) is 11.1. The Bertz CT molecular complexity index is 806. The van der Waals surface area contributed by atoms with E-state index in [4.69, 9.17) is 0 Å². The topological polar surface area (TPSA) is 70.1 Å². The number of amides is 1. The number of carbonyl (C=O) groups excluding carboxylic acids is 1. The fraction of sp³-hybridized carbons (Fsp3) is 0.0625. The van der Waals surface area contributed by atoms with Crippen LogP contribution in [-0.2, 0) is 0 Å². The fourth-order valence-corrected chi connectivity index (χ4v) is 2.18. The summed E-state index contributed by atoms with van der Waals surface area (Å²) in [6.45, 7) is 1.92. The number of fused-ring (bicyclic) bond motifs is 1. The maximum atomic E-state index is 12.2. The highest BCUT2D eigenvalue weighted by atomic mass is 16.2. The summed E-state index contributed by atoms with van der Waals surface area (Å²) in [5, 5.41) is 4.99. The van der Waals surface area contributed by atoms with Gasteiger partial charge in [-0.2, -0.15) is 5.10 Å². The minimum absolute atomic E-state index is 0.260. The van der Waals surface area contributed by atoms with Crippen molar-refractivity contribution >= 4 is 23.0 Å². The molecule has 0 spiro atoms. The zero-order valence-corrected chi connectivity index (χ0v) is 11.5. The molecule has 5 nitrogen and oxygen atoms in total. The molecule has 1 aromatic carbocycles. The number of benzene rings is 1. The second kappa shape index (κ2) is 5.58. The molecule has 0 radical (unpaired) electrons. The molecule has 2 N–H and O–H groups in total. The average Bonchev–Trinajstić information content (AvgIpc) is 2.86. The van der Waals surface area contributed by atoms with Crippen molar-refractivity contribution in [2.45, 2.75) is 6.92 Å². The van der Waals surface area contributed by atoms with E-state index in [-0.39, 0.29) is 5.91 Å². The van der Waals surface area contributed by atoms with Crippen molar-refractivity contribution in [2.75, 3.05) is 0 Å². The Morgan fingerprint density at radius 3 is 2.90 bits per heavy atom. The van der Waals surface area contributed by atoms with Crippen LogP contribution in [0.25, 0.3) is 10.9 Å². The van der Waals surface area contributed by atoms with Gasteiger partial charge in [-0.1, -0.05) is 24.3 Å². The Labute approximate surface area is 121 Å². The lowest BCUT2D eigenvalue weighted by Crippen LogP contribution is -2.18. The zero-order valence-electron chi connectivity index (χ0n) is 11.5. The van der Waals surface area contributed by atoms with Crippen LogP contribution in [0.5, 0.6) is 0 Å². The predicted octanol–water partition coefficient (Wildman–Crippen LogP) is 2.64. The van der Waals surface area contributed by atoms with Crippen molar-refractivity contribution in [2.24, 2.45) is 5.10 Å². The lowest BCUT2D eigenvalue weighted by atomic mass is 10.1. The largest absolute Gasteiger partial charge is 0.350 e. The summed E-state index contributed by atoms with van der Waals surface area (Å²) >= 11 is 0. The van der Waals surface area contributed by atoms with Crippen LogP contribution in [0.4, 0.5) is 0 Å². The van der Waals surface area contributed by atoms with E-state index < -0.39 is 0 Å². The minimum atomic E-state index is -0.260. The molecule has 0 aliphatic rings. The molecule has 0 saturated carbocycles. The van der Waals surface area contributed by atoms with E-state index in [2.05, 4.69) is 20.5 Å². The number of aromatic amines is 1. The van der Waals surface area contributed by atoms with E-state index in [1.165, 1.54) is 0 Å². The van der Waals surface area contributed by atoms with Gasteiger partial charge in [-0.05, 0) is 24.6 Å². The van der Waals surface area contributed by atoms with Crippen LogP contribution < -0.4 is 5.43 Å². The molecule has 0 aliphatic carbocycles. The number of hydrazone groups is 1. The first-order valence-electron chi connectivity index (χ1n) is 6.56. The summed E-state index contributed by atoms with van der Waals surface area (Å²) in [7, 11) is 0. The van der Waals surface area contributed by atoms with Crippen molar-refractivity contribution < 1.29 is 4.79 Å². The maximum absolute atomic E-state index is 12.2. The van der Waals surface area contributed by atoms with Gasteiger partial charge in [0, 0.05) is 28.9 Å². The van der Waals surface area contributed by atoms with Crippen LogP contribution in [0.2, 0.25) is 0 Å². The molecule has 5 heteroatoms. The molecule has 2 heterocycles. The van der Waals surface area contributed by atoms with Crippen LogP contribution in [0, 0.1) is 6.92 Å². The van der Waals surface area contributed by atoms with Crippen molar-refractivity contribution in [1.82, 2.24) is 15.4 Å². The number of nitrogens with one attached hydrogen (secondary N) is 2. The third-order valence-corrected chi connectivity index (χ3v) is 3.26. The number of pyridine rings is 1. The van der Waals surface area contributed by atoms with Crippen molar-refractivity contribution in [3.05, 3.63) is 65.6 Å². The molecule has 1 amide bonds. The summed E-state index contributed by atoms with van der Waals surface area (Å²) in [6.07, 6.45) is 4.91. The number of aromatic nitrogens is 2. The number of H-pyrrole nitrogens is 1. The van der Waals surface area contributed by atoms with Crippen molar-refractivity contribution in [1.29, 1.82) is 0 Å². The third kappa shape index (κ3) is 2.67. The molecular formula is C16H14N4O. The SMILES string of the molecule is Cc1c(C(=O)N/N=C\c2cccnc2)[nH]c2ccccc12. The Balaban J connectivity index is 1.78. The van der Waals surface area contributed by atoms with Gasteiger partial charge in [-0.25, -0.2) is 5.43 Å². The lowest BCUT2D eigenvalue weighted by Gasteiger charge is -1.98. The van der Waals surface area contributed by atoms with Gasteiger partial charge in [0.05, 0.1) is 6.21 Å². The third-order valence-electron chi connectivity index (χ3n) is 3.26. The van der Waals surface area contributed by atoms with Gasteiger partial charge >= 0.3 is 0 Å². The average molecular weight is 278 g/mol. The fourth-order valence-electron chi connectivity index (χ4n) is 2.18. The highest BCUT2D eigenvalue weighted by Gasteiger charge is 2.13. The van der Waals surface area contributed by atoms with Gasteiger partial charge in [0.1, 0.15) is 5.69 Å². The molecule has 0 bridgehead atoms. The van der Waals surface area contributed by atoms with Crippen LogP contribution in [0.15, 0.2) is 53.9 Å². The number of hydrogen-bond donors (Lipinski definition) is 2.